The van der Waals surface area contributed by atoms with Crippen LogP contribution in [0.25, 0.3) is 0 Å². The summed E-state index contributed by atoms with van der Waals surface area (Å²) in [6.07, 6.45) is 0.227. The Kier molecular flexibility index (Phi) is 4.17. The summed E-state index contributed by atoms with van der Waals surface area (Å²) >= 11 is 0. The second-order valence-corrected chi connectivity index (χ2v) is 5.53. The summed E-state index contributed by atoms with van der Waals surface area (Å²) in [4.78, 5) is 4.49. The molecule has 5 heteroatoms. The second-order valence-electron chi connectivity index (χ2n) is 5.53. The molecule has 0 bridgehead atoms. The normalized spacial score (nSPS) is 23.9. The monoisotopic (exact) mass is 264 g/mol. The number of nitrogens with two attached hydrogens (primary N) is 2. The van der Waals surface area contributed by atoms with Gasteiger partial charge in [-0.05, 0) is 39.2 Å². The van der Waals surface area contributed by atoms with E-state index in [9.17, 15) is 0 Å². The fourth-order valence-electron chi connectivity index (χ4n) is 2.44. The van der Waals surface area contributed by atoms with E-state index < -0.39 is 0 Å². The van der Waals surface area contributed by atoms with Crippen molar-refractivity contribution in [3.05, 3.63) is 18.2 Å². The molecule has 0 spiro atoms. The van der Waals surface area contributed by atoms with E-state index in [0.29, 0.717) is 17.4 Å². The van der Waals surface area contributed by atoms with Crippen LogP contribution in [0.15, 0.2) is 18.2 Å². The molecule has 0 saturated carbocycles. The van der Waals surface area contributed by atoms with Crippen molar-refractivity contribution in [2.24, 2.45) is 0 Å². The Labute approximate surface area is 115 Å². The van der Waals surface area contributed by atoms with E-state index in [0.717, 1.165) is 25.4 Å². The minimum atomic E-state index is 0.227. The molecule has 0 aromatic heterocycles. The van der Waals surface area contributed by atoms with Gasteiger partial charge in [0.1, 0.15) is 0 Å². The van der Waals surface area contributed by atoms with Crippen LogP contribution in [0.4, 0.5) is 17.1 Å². The minimum absolute atomic E-state index is 0.227. The summed E-state index contributed by atoms with van der Waals surface area (Å²) in [7, 11) is 4.12. The van der Waals surface area contributed by atoms with Gasteiger partial charge in [0.15, 0.2) is 0 Å². The van der Waals surface area contributed by atoms with Crippen molar-refractivity contribution in [3.8, 4) is 0 Å². The molecule has 0 unspecified atom stereocenters. The zero-order chi connectivity index (χ0) is 14.0. The van der Waals surface area contributed by atoms with Gasteiger partial charge >= 0.3 is 0 Å². The van der Waals surface area contributed by atoms with Gasteiger partial charge in [-0.15, -0.1) is 0 Å². The number of anilines is 3. The summed E-state index contributed by atoms with van der Waals surface area (Å²) in [5.41, 5.74) is 14.1. The van der Waals surface area contributed by atoms with Crippen molar-refractivity contribution in [1.82, 2.24) is 4.90 Å². The maximum atomic E-state index is 5.90. The van der Waals surface area contributed by atoms with Gasteiger partial charge < -0.3 is 26.0 Å². The quantitative estimate of drug-likeness (QED) is 0.797. The van der Waals surface area contributed by atoms with Crippen molar-refractivity contribution in [2.45, 2.75) is 19.1 Å². The van der Waals surface area contributed by atoms with Crippen molar-refractivity contribution >= 4 is 17.1 Å². The van der Waals surface area contributed by atoms with E-state index in [4.69, 9.17) is 16.2 Å². The Balaban J connectivity index is 2.14. The number of benzene rings is 1. The van der Waals surface area contributed by atoms with Crippen LogP contribution in [0, 0.1) is 0 Å². The van der Waals surface area contributed by atoms with Gasteiger partial charge in [0.25, 0.3) is 0 Å². The van der Waals surface area contributed by atoms with E-state index in [2.05, 4.69) is 30.8 Å². The number of nitrogens with zero attached hydrogens (tertiary/aromatic N) is 2. The lowest BCUT2D eigenvalue weighted by Crippen LogP contribution is -2.51. The summed E-state index contributed by atoms with van der Waals surface area (Å²) in [5.74, 6) is 0. The van der Waals surface area contributed by atoms with E-state index >= 15 is 0 Å². The molecule has 1 heterocycles. The van der Waals surface area contributed by atoms with Crippen LogP contribution in [-0.2, 0) is 4.74 Å². The first-order valence-electron chi connectivity index (χ1n) is 6.65. The Morgan fingerprint density at radius 1 is 1.32 bits per heavy atom. The molecule has 0 aliphatic carbocycles. The Bertz CT molecular complexity index is 435. The molecule has 19 heavy (non-hydrogen) atoms. The number of hydrogen-bond acceptors (Lipinski definition) is 5. The van der Waals surface area contributed by atoms with Crippen LogP contribution in [0.1, 0.15) is 6.92 Å². The molecular formula is C14H24N4O. The molecule has 5 nitrogen and oxygen atoms in total. The molecule has 106 valence electrons. The highest BCUT2D eigenvalue weighted by atomic mass is 16.5. The second kappa shape index (κ2) is 5.67. The third kappa shape index (κ3) is 3.30. The number of nitrogen functional groups attached to an aromatic ring is 2. The molecule has 1 aromatic carbocycles. The lowest BCUT2D eigenvalue weighted by Gasteiger charge is -2.40. The number of ether oxygens (including phenoxy) is 1. The predicted octanol–water partition coefficient (Wildman–Crippen LogP) is 1.01. The molecule has 2 atom stereocenters. The molecule has 1 aliphatic heterocycles. The molecule has 0 amide bonds. The zero-order valence-corrected chi connectivity index (χ0v) is 12.0. The smallest absolute Gasteiger partial charge is 0.0877 e. The topological polar surface area (TPSA) is 67.8 Å². The summed E-state index contributed by atoms with van der Waals surface area (Å²) in [6.45, 7) is 4.71. The van der Waals surface area contributed by atoms with Gasteiger partial charge in [0.2, 0.25) is 0 Å². The van der Waals surface area contributed by atoms with Gasteiger partial charge in [-0.25, -0.2) is 0 Å². The molecule has 2 rings (SSSR count). The van der Waals surface area contributed by atoms with Crippen LogP contribution >= 0.6 is 0 Å². The fourth-order valence-corrected chi connectivity index (χ4v) is 2.44. The highest BCUT2D eigenvalue weighted by Gasteiger charge is 2.26. The number of hydrogen-bond donors (Lipinski definition) is 2. The first-order chi connectivity index (χ1) is 8.97. The van der Waals surface area contributed by atoms with Crippen molar-refractivity contribution in [3.63, 3.8) is 0 Å². The van der Waals surface area contributed by atoms with Crippen molar-refractivity contribution in [2.75, 3.05) is 50.2 Å². The van der Waals surface area contributed by atoms with Crippen LogP contribution in [0.3, 0.4) is 0 Å². The Morgan fingerprint density at radius 2 is 2.05 bits per heavy atom. The number of morpholine rings is 1. The lowest BCUT2D eigenvalue weighted by molar-refractivity contribution is 0.00880. The van der Waals surface area contributed by atoms with Gasteiger partial charge in [-0.2, -0.15) is 0 Å². The van der Waals surface area contributed by atoms with E-state index in [-0.39, 0.29) is 6.10 Å². The van der Waals surface area contributed by atoms with E-state index in [1.54, 1.807) is 0 Å². The minimum Gasteiger partial charge on any atom is -0.397 e. The zero-order valence-electron chi connectivity index (χ0n) is 12.0. The van der Waals surface area contributed by atoms with E-state index in [1.807, 2.05) is 18.2 Å². The summed E-state index contributed by atoms with van der Waals surface area (Å²) in [6, 6.07) is 6.19. The lowest BCUT2D eigenvalue weighted by atomic mass is 10.1. The molecule has 1 aromatic rings. The third-order valence-corrected chi connectivity index (χ3v) is 3.48. The SMILES string of the molecule is C[C@H]1CO[C@H](CN(C)C)CN1c1ccc(N)c(N)c1. The molecule has 1 aliphatic rings. The molecule has 1 saturated heterocycles. The third-order valence-electron chi connectivity index (χ3n) is 3.48. The average Bonchev–Trinajstić information content (AvgIpc) is 2.34. The first-order valence-corrected chi connectivity index (χ1v) is 6.65. The highest BCUT2D eigenvalue weighted by molar-refractivity contribution is 5.70. The largest absolute Gasteiger partial charge is 0.397 e. The first kappa shape index (κ1) is 14.0. The van der Waals surface area contributed by atoms with Gasteiger partial charge in [0, 0.05) is 24.8 Å². The van der Waals surface area contributed by atoms with Crippen LogP contribution in [-0.4, -0.2) is 50.8 Å². The molecule has 1 fully saturated rings. The van der Waals surface area contributed by atoms with Crippen LogP contribution in [0.2, 0.25) is 0 Å². The molecule has 4 N–H and O–H groups in total. The van der Waals surface area contributed by atoms with Crippen molar-refractivity contribution in [1.29, 1.82) is 0 Å². The standard InChI is InChI=1S/C14H24N4O/c1-10-9-19-12(7-17(2)3)8-18(10)11-4-5-13(15)14(16)6-11/h4-6,10,12H,7-9,15-16H2,1-3H3/t10-,12+/m0/s1. The average molecular weight is 264 g/mol. The fraction of sp³-hybridized carbons (Fsp3) is 0.571. The summed E-state index contributed by atoms with van der Waals surface area (Å²) < 4.78 is 5.87. The van der Waals surface area contributed by atoms with Gasteiger partial charge in [-0.1, -0.05) is 0 Å². The Hall–Kier alpha value is -1.46. The van der Waals surface area contributed by atoms with Gasteiger partial charge in [-0.3, -0.25) is 0 Å². The summed E-state index contributed by atoms with van der Waals surface area (Å²) in [5, 5.41) is 0. The Morgan fingerprint density at radius 3 is 2.68 bits per heavy atom. The maximum absolute atomic E-state index is 5.90. The van der Waals surface area contributed by atoms with Crippen LogP contribution < -0.4 is 16.4 Å². The maximum Gasteiger partial charge on any atom is 0.0877 e. The van der Waals surface area contributed by atoms with Crippen LogP contribution in [0.5, 0.6) is 0 Å². The highest BCUT2D eigenvalue weighted by Crippen LogP contribution is 2.26. The van der Waals surface area contributed by atoms with Gasteiger partial charge in [0.05, 0.1) is 24.1 Å². The predicted molar refractivity (Wildman–Crippen MR) is 80.4 cm³/mol. The molecule has 0 radical (unpaired) electrons. The van der Waals surface area contributed by atoms with Crippen molar-refractivity contribution < 1.29 is 4.74 Å². The number of rotatable bonds is 3. The number of likely N-dealkylation sites (N-methyl/N-ethyl adjacent to an activating group) is 1. The van der Waals surface area contributed by atoms with E-state index in [1.165, 1.54) is 0 Å². The molecular weight excluding hydrogens is 240 g/mol.